The summed E-state index contributed by atoms with van der Waals surface area (Å²) in [4.78, 5) is 0. The first-order valence-electron chi connectivity index (χ1n) is 6.81. The number of nitrogens with zero attached hydrogens (tertiary/aromatic N) is 3. The average Bonchev–Trinajstić information content (AvgIpc) is 3.01. The molecule has 4 atom stereocenters. The molecule has 4 unspecified atom stereocenters. The van der Waals surface area contributed by atoms with E-state index in [1.807, 2.05) is 11.6 Å². The molecule has 0 aliphatic heterocycles. The molecule has 4 nitrogen and oxygen atoms in total. The zero-order chi connectivity index (χ0) is 11.8. The summed E-state index contributed by atoms with van der Waals surface area (Å²) in [6, 6.07) is 0.307. The summed E-state index contributed by atoms with van der Waals surface area (Å²) >= 11 is 0. The smallest absolute Gasteiger partial charge is 0.149 e. The third kappa shape index (κ3) is 2.10. The minimum atomic E-state index is 0.307. The molecule has 0 radical (unpaired) electrons. The van der Waals surface area contributed by atoms with E-state index in [4.69, 9.17) is 0 Å². The number of nitrogens with one attached hydrogen (secondary N) is 1. The third-order valence-corrected chi connectivity index (χ3v) is 4.70. The van der Waals surface area contributed by atoms with Gasteiger partial charge in [-0.05, 0) is 50.5 Å². The van der Waals surface area contributed by atoms with Crippen LogP contribution >= 0.6 is 0 Å². The maximum absolute atomic E-state index is 4.16. The maximum atomic E-state index is 4.16. The Morgan fingerprint density at radius 3 is 2.94 bits per heavy atom. The molecule has 4 heteroatoms. The van der Waals surface area contributed by atoms with Crippen LogP contribution in [0.5, 0.6) is 0 Å². The van der Waals surface area contributed by atoms with Gasteiger partial charge < -0.3 is 9.88 Å². The lowest BCUT2D eigenvalue weighted by molar-refractivity contribution is 0.306. The number of aryl methyl sites for hydroxylation is 1. The van der Waals surface area contributed by atoms with Crippen molar-refractivity contribution in [2.75, 3.05) is 6.54 Å². The highest BCUT2D eigenvalue weighted by molar-refractivity contribution is 4.95. The van der Waals surface area contributed by atoms with E-state index in [1.54, 1.807) is 6.33 Å². The van der Waals surface area contributed by atoms with Gasteiger partial charge in [-0.2, -0.15) is 0 Å². The SMILES string of the molecule is CC(NCC1CC2CCC1C2)c1nncn1C. The minimum Gasteiger partial charge on any atom is -0.319 e. The Bertz CT molecular complexity index is 387. The zero-order valence-electron chi connectivity index (χ0n) is 10.8. The van der Waals surface area contributed by atoms with Gasteiger partial charge in [-0.15, -0.1) is 10.2 Å². The van der Waals surface area contributed by atoms with Gasteiger partial charge in [0, 0.05) is 7.05 Å². The standard InChI is InChI=1S/C13H22N4/c1-9(13-16-15-8-17(13)2)14-7-12-6-10-3-4-11(12)5-10/h8-12,14H,3-7H2,1-2H3. The summed E-state index contributed by atoms with van der Waals surface area (Å²) in [7, 11) is 2.01. The number of rotatable bonds is 4. The molecule has 17 heavy (non-hydrogen) atoms. The fourth-order valence-electron chi connectivity index (χ4n) is 3.73. The first kappa shape index (κ1) is 11.2. The van der Waals surface area contributed by atoms with Crippen LogP contribution in [0.2, 0.25) is 0 Å². The Labute approximate surface area is 103 Å². The van der Waals surface area contributed by atoms with Gasteiger partial charge in [-0.3, -0.25) is 0 Å². The van der Waals surface area contributed by atoms with E-state index in [-0.39, 0.29) is 0 Å². The van der Waals surface area contributed by atoms with E-state index in [0.29, 0.717) is 6.04 Å². The summed E-state index contributed by atoms with van der Waals surface area (Å²) in [5, 5.41) is 11.7. The zero-order valence-corrected chi connectivity index (χ0v) is 10.8. The molecule has 1 aromatic heterocycles. The van der Waals surface area contributed by atoms with Crippen LogP contribution in [-0.4, -0.2) is 21.3 Å². The third-order valence-electron chi connectivity index (χ3n) is 4.70. The molecule has 3 rings (SSSR count). The van der Waals surface area contributed by atoms with E-state index in [2.05, 4.69) is 22.4 Å². The molecular formula is C13H22N4. The van der Waals surface area contributed by atoms with Crippen LogP contribution in [0.3, 0.4) is 0 Å². The van der Waals surface area contributed by atoms with Crippen molar-refractivity contribution in [1.82, 2.24) is 20.1 Å². The highest BCUT2D eigenvalue weighted by atomic mass is 15.3. The van der Waals surface area contributed by atoms with E-state index >= 15 is 0 Å². The van der Waals surface area contributed by atoms with Crippen molar-refractivity contribution in [3.05, 3.63) is 12.2 Å². The molecule has 1 N–H and O–H groups in total. The van der Waals surface area contributed by atoms with Crippen LogP contribution in [0.4, 0.5) is 0 Å². The number of fused-ring (bicyclic) bond motifs is 2. The van der Waals surface area contributed by atoms with Gasteiger partial charge in [-0.25, -0.2) is 0 Å². The van der Waals surface area contributed by atoms with Gasteiger partial charge in [0.25, 0.3) is 0 Å². The van der Waals surface area contributed by atoms with Crippen LogP contribution in [0, 0.1) is 17.8 Å². The molecule has 2 aliphatic rings. The summed E-state index contributed by atoms with van der Waals surface area (Å²) in [6.45, 7) is 3.33. The van der Waals surface area contributed by atoms with Gasteiger partial charge in [0.1, 0.15) is 12.2 Å². The van der Waals surface area contributed by atoms with E-state index < -0.39 is 0 Å². The fraction of sp³-hybridized carbons (Fsp3) is 0.846. The second-order valence-electron chi connectivity index (χ2n) is 5.86. The summed E-state index contributed by atoms with van der Waals surface area (Å²) in [5.74, 6) is 3.98. The van der Waals surface area contributed by atoms with Crippen LogP contribution in [0.1, 0.15) is 44.5 Å². The van der Waals surface area contributed by atoms with Gasteiger partial charge >= 0.3 is 0 Å². The van der Waals surface area contributed by atoms with E-state index in [0.717, 1.165) is 30.1 Å². The summed E-state index contributed by atoms with van der Waals surface area (Å²) < 4.78 is 2.00. The van der Waals surface area contributed by atoms with Crippen molar-refractivity contribution >= 4 is 0 Å². The van der Waals surface area contributed by atoms with Crippen molar-refractivity contribution in [1.29, 1.82) is 0 Å². The molecule has 2 bridgehead atoms. The first-order chi connectivity index (χ1) is 8.24. The quantitative estimate of drug-likeness (QED) is 0.865. The highest BCUT2D eigenvalue weighted by Crippen LogP contribution is 2.48. The Balaban J connectivity index is 1.53. The molecule has 94 valence electrons. The van der Waals surface area contributed by atoms with E-state index in [1.165, 1.54) is 25.7 Å². The van der Waals surface area contributed by atoms with Gasteiger partial charge in [-0.1, -0.05) is 6.42 Å². The van der Waals surface area contributed by atoms with Crippen LogP contribution in [0.25, 0.3) is 0 Å². The Kier molecular flexibility index (Phi) is 2.90. The van der Waals surface area contributed by atoms with Crippen molar-refractivity contribution < 1.29 is 0 Å². The van der Waals surface area contributed by atoms with Gasteiger partial charge in [0.15, 0.2) is 0 Å². The average molecular weight is 234 g/mol. The van der Waals surface area contributed by atoms with E-state index in [9.17, 15) is 0 Å². The molecule has 0 saturated heterocycles. The van der Waals surface area contributed by atoms with Crippen molar-refractivity contribution in [2.45, 2.75) is 38.6 Å². The maximum Gasteiger partial charge on any atom is 0.149 e. The lowest BCUT2D eigenvalue weighted by Crippen LogP contribution is -2.29. The molecule has 0 amide bonds. The Morgan fingerprint density at radius 1 is 1.47 bits per heavy atom. The number of hydrogen-bond acceptors (Lipinski definition) is 3. The predicted octanol–water partition coefficient (Wildman–Crippen LogP) is 1.90. The fourth-order valence-corrected chi connectivity index (χ4v) is 3.73. The largest absolute Gasteiger partial charge is 0.319 e. The second kappa shape index (κ2) is 4.41. The molecule has 2 aliphatic carbocycles. The van der Waals surface area contributed by atoms with Crippen LogP contribution in [-0.2, 0) is 7.05 Å². The molecule has 0 aromatic carbocycles. The molecule has 1 aromatic rings. The second-order valence-corrected chi connectivity index (χ2v) is 5.86. The van der Waals surface area contributed by atoms with Gasteiger partial charge in [0.05, 0.1) is 6.04 Å². The molecule has 2 saturated carbocycles. The van der Waals surface area contributed by atoms with Crippen molar-refractivity contribution in [2.24, 2.45) is 24.8 Å². The normalized spacial score (nSPS) is 33.2. The van der Waals surface area contributed by atoms with Crippen LogP contribution < -0.4 is 5.32 Å². The van der Waals surface area contributed by atoms with Crippen molar-refractivity contribution in [3.63, 3.8) is 0 Å². The number of hydrogen-bond donors (Lipinski definition) is 1. The Hall–Kier alpha value is -0.900. The van der Waals surface area contributed by atoms with Crippen molar-refractivity contribution in [3.8, 4) is 0 Å². The molecular weight excluding hydrogens is 212 g/mol. The first-order valence-corrected chi connectivity index (χ1v) is 6.81. The predicted molar refractivity (Wildman–Crippen MR) is 66.4 cm³/mol. The molecule has 1 heterocycles. The summed E-state index contributed by atoms with van der Waals surface area (Å²) in [6.07, 6.45) is 7.66. The molecule has 2 fully saturated rings. The topological polar surface area (TPSA) is 42.7 Å². The van der Waals surface area contributed by atoms with Crippen LogP contribution in [0.15, 0.2) is 6.33 Å². The highest BCUT2D eigenvalue weighted by Gasteiger charge is 2.39. The Morgan fingerprint density at radius 2 is 2.35 bits per heavy atom. The lowest BCUT2D eigenvalue weighted by atomic mass is 9.89. The summed E-state index contributed by atoms with van der Waals surface area (Å²) in [5.41, 5.74) is 0. The molecule has 0 spiro atoms. The number of aromatic nitrogens is 3. The lowest BCUT2D eigenvalue weighted by Gasteiger charge is -2.23. The monoisotopic (exact) mass is 234 g/mol. The minimum absolute atomic E-state index is 0.307. The van der Waals surface area contributed by atoms with Gasteiger partial charge in [0.2, 0.25) is 0 Å².